The summed E-state index contributed by atoms with van der Waals surface area (Å²) >= 11 is 1.45. The van der Waals surface area contributed by atoms with Gasteiger partial charge in [0.25, 0.3) is 0 Å². The van der Waals surface area contributed by atoms with Crippen LogP contribution in [0.15, 0.2) is 12.1 Å². The van der Waals surface area contributed by atoms with Gasteiger partial charge in [0.15, 0.2) is 5.13 Å². The fraction of sp³-hybridized carbons (Fsp3) is 0.364. The van der Waals surface area contributed by atoms with Crippen molar-refractivity contribution in [2.24, 2.45) is 0 Å². The molecule has 1 aromatic heterocycles. The lowest BCUT2D eigenvalue weighted by atomic mass is 10.2. The highest BCUT2D eigenvalue weighted by molar-refractivity contribution is 7.22. The van der Waals surface area contributed by atoms with Crippen LogP contribution in [0.4, 0.5) is 10.8 Å². The normalized spacial score (nSPS) is 12.9. The molecule has 0 aliphatic carbocycles. The molecular formula is C11H15N3O2S. The Morgan fingerprint density at radius 1 is 1.53 bits per heavy atom. The van der Waals surface area contributed by atoms with E-state index in [-0.39, 0.29) is 6.61 Å². The number of benzene rings is 1. The van der Waals surface area contributed by atoms with Crippen LogP contribution in [0.3, 0.4) is 0 Å². The number of hydrogen-bond acceptors (Lipinski definition) is 6. The average Bonchev–Trinajstić information content (AvgIpc) is 2.64. The molecule has 17 heavy (non-hydrogen) atoms. The van der Waals surface area contributed by atoms with Crippen molar-refractivity contribution in [1.82, 2.24) is 4.98 Å². The first kappa shape index (κ1) is 12.1. The topological polar surface area (TPSA) is 91.4 Å². The van der Waals surface area contributed by atoms with Gasteiger partial charge in [-0.2, -0.15) is 0 Å². The minimum absolute atomic E-state index is 0.252. The van der Waals surface area contributed by atoms with Crippen LogP contribution < -0.4 is 11.1 Å². The standard InChI is InChI=1S/C11H15N3O2S/c1-6-2-10-9(14-11(12)17-10)3-8(6)13-4-7(16)5-15/h2-3,7,13,15-16H,4-5H2,1H3,(H2,12,14). The van der Waals surface area contributed by atoms with E-state index in [9.17, 15) is 5.11 Å². The Balaban J connectivity index is 2.24. The summed E-state index contributed by atoms with van der Waals surface area (Å²) in [5.41, 5.74) is 8.45. The van der Waals surface area contributed by atoms with Crippen molar-refractivity contribution in [3.63, 3.8) is 0 Å². The molecule has 0 radical (unpaired) electrons. The number of nitrogens with one attached hydrogen (secondary N) is 1. The summed E-state index contributed by atoms with van der Waals surface area (Å²) in [5.74, 6) is 0. The van der Waals surface area contributed by atoms with Gasteiger partial charge in [-0.25, -0.2) is 4.98 Å². The van der Waals surface area contributed by atoms with Crippen molar-refractivity contribution < 1.29 is 10.2 Å². The Morgan fingerprint density at radius 3 is 3.00 bits per heavy atom. The smallest absolute Gasteiger partial charge is 0.181 e. The highest BCUT2D eigenvalue weighted by Crippen LogP contribution is 2.28. The van der Waals surface area contributed by atoms with Gasteiger partial charge in [0.05, 0.1) is 22.9 Å². The zero-order chi connectivity index (χ0) is 12.4. The number of aliphatic hydroxyl groups is 2. The molecule has 0 spiro atoms. The van der Waals surface area contributed by atoms with Gasteiger partial charge < -0.3 is 21.3 Å². The second kappa shape index (κ2) is 4.87. The Labute approximate surface area is 103 Å². The monoisotopic (exact) mass is 253 g/mol. The predicted molar refractivity (Wildman–Crippen MR) is 70.4 cm³/mol. The number of nitrogens with two attached hydrogens (primary N) is 1. The van der Waals surface area contributed by atoms with Crippen molar-refractivity contribution in [1.29, 1.82) is 0 Å². The number of thiazole rings is 1. The predicted octanol–water partition coefficient (Wildman–Crippen LogP) is 0.952. The number of nitrogens with zero attached hydrogens (tertiary/aromatic N) is 1. The van der Waals surface area contributed by atoms with Crippen LogP contribution in [0.2, 0.25) is 0 Å². The summed E-state index contributed by atoms with van der Waals surface area (Å²) in [6.07, 6.45) is -0.759. The minimum atomic E-state index is -0.759. The van der Waals surface area contributed by atoms with Crippen LogP contribution in [0.25, 0.3) is 10.2 Å². The Hall–Kier alpha value is -1.37. The van der Waals surface area contributed by atoms with Gasteiger partial charge in [0.1, 0.15) is 0 Å². The number of fused-ring (bicyclic) bond motifs is 1. The molecule has 1 aromatic carbocycles. The Kier molecular flexibility index (Phi) is 3.46. The van der Waals surface area contributed by atoms with Crippen LogP contribution in [0, 0.1) is 6.92 Å². The lowest BCUT2D eigenvalue weighted by Gasteiger charge is -2.12. The average molecular weight is 253 g/mol. The van der Waals surface area contributed by atoms with Gasteiger partial charge in [-0.1, -0.05) is 11.3 Å². The Bertz CT molecular complexity index is 527. The first-order chi connectivity index (χ1) is 8.10. The van der Waals surface area contributed by atoms with Gasteiger partial charge in [-0.05, 0) is 24.6 Å². The summed E-state index contributed by atoms with van der Waals surface area (Å²) in [6, 6.07) is 3.92. The quantitative estimate of drug-likeness (QED) is 0.651. The molecule has 0 bridgehead atoms. The maximum atomic E-state index is 9.28. The van der Waals surface area contributed by atoms with E-state index in [1.54, 1.807) is 0 Å². The number of rotatable bonds is 4. The molecule has 0 aliphatic rings. The molecule has 5 nitrogen and oxygen atoms in total. The van der Waals surface area contributed by atoms with Gasteiger partial charge in [-0.3, -0.25) is 0 Å². The molecule has 92 valence electrons. The maximum Gasteiger partial charge on any atom is 0.181 e. The summed E-state index contributed by atoms with van der Waals surface area (Å²) in [6.45, 7) is 2.03. The minimum Gasteiger partial charge on any atom is -0.394 e. The van der Waals surface area contributed by atoms with Crippen molar-refractivity contribution in [3.05, 3.63) is 17.7 Å². The molecule has 2 aromatic rings. The number of aliphatic hydroxyl groups excluding tert-OH is 2. The van der Waals surface area contributed by atoms with E-state index in [1.165, 1.54) is 11.3 Å². The van der Waals surface area contributed by atoms with Crippen molar-refractivity contribution in [3.8, 4) is 0 Å². The van der Waals surface area contributed by atoms with E-state index in [1.807, 2.05) is 19.1 Å². The third-order valence-corrected chi connectivity index (χ3v) is 3.34. The first-order valence-electron chi connectivity index (χ1n) is 5.29. The zero-order valence-electron chi connectivity index (χ0n) is 9.47. The lowest BCUT2D eigenvalue weighted by Crippen LogP contribution is -2.23. The van der Waals surface area contributed by atoms with E-state index < -0.39 is 6.10 Å². The zero-order valence-corrected chi connectivity index (χ0v) is 10.3. The third kappa shape index (κ3) is 2.66. The molecule has 0 saturated heterocycles. The highest BCUT2D eigenvalue weighted by Gasteiger charge is 2.07. The second-order valence-corrected chi connectivity index (χ2v) is 4.97. The SMILES string of the molecule is Cc1cc2sc(N)nc2cc1NCC(O)CO. The van der Waals surface area contributed by atoms with Crippen LogP contribution in [-0.2, 0) is 0 Å². The second-order valence-electron chi connectivity index (χ2n) is 3.90. The largest absolute Gasteiger partial charge is 0.394 e. The van der Waals surface area contributed by atoms with Crippen molar-refractivity contribution in [2.75, 3.05) is 24.2 Å². The molecule has 0 saturated carbocycles. The molecule has 2 rings (SSSR count). The lowest BCUT2D eigenvalue weighted by molar-refractivity contribution is 0.105. The van der Waals surface area contributed by atoms with Crippen LogP contribution in [0.1, 0.15) is 5.56 Å². The van der Waals surface area contributed by atoms with Crippen LogP contribution in [0.5, 0.6) is 0 Å². The number of aromatic nitrogens is 1. The molecule has 5 N–H and O–H groups in total. The molecule has 0 fully saturated rings. The first-order valence-corrected chi connectivity index (χ1v) is 6.11. The number of nitrogen functional groups attached to an aromatic ring is 1. The fourth-order valence-corrected chi connectivity index (χ4v) is 2.39. The number of aryl methyl sites for hydroxylation is 1. The summed E-state index contributed by atoms with van der Waals surface area (Å²) in [4.78, 5) is 4.21. The molecule has 0 amide bonds. The van der Waals surface area contributed by atoms with Crippen LogP contribution >= 0.6 is 11.3 Å². The van der Waals surface area contributed by atoms with E-state index in [0.29, 0.717) is 11.7 Å². The summed E-state index contributed by atoms with van der Waals surface area (Å²) in [7, 11) is 0. The van der Waals surface area contributed by atoms with Gasteiger partial charge in [0.2, 0.25) is 0 Å². The van der Waals surface area contributed by atoms with Crippen LogP contribution in [-0.4, -0.2) is 34.5 Å². The van der Waals surface area contributed by atoms with E-state index in [2.05, 4.69) is 10.3 Å². The highest BCUT2D eigenvalue weighted by atomic mass is 32.1. The third-order valence-electron chi connectivity index (χ3n) is 2.49. The number of anilines is 2. The van der Waals surface area contributed by atoms with Crippen molar-refractivity contribution >= 4 is 32.4 Å². The maximum absolute atomic E-state index is 9.28. The Morgan fingerprint density at radius 2 is 2.29 bits per heavy atom. The van der Waals surface area contributed by atoms with Crippen molar-refractivity contribution in [2.45, 2.75) is 13.0 Å². The van der Waals surface area contributed by atoms with E-state index in [0.717, 1.165) is 21.5 Å². The molecule has 0 aliphatic heterocycles. The molecule has 1 unspecified atom stereocenters. The number of hydrogen-bond donors (Lipinski definition) is 4. The molecular weight excluding hydrogens is 238 g/mol. The molecule has 1 atom stereocenters. The molecule has 1 heterocycles. The van der Waals surface area contributed by atoms with E-state index in [4.69, 9.17) is 10.8 Å². The van der Waals surface area contributed by atoms with Gasteiger partial charge in [0, 0.05) is 12.2 Å². The molecule has 6 heteroatoms. The fourth-order valence-electron chi connectivity index (χ4n) is 1.58. The van der Waals surface area contributed by atoms with Gasteiger partial charge in [-0.15, -0.1) is 0 Å². The summed E-state index contributed by atoms with van der Waals surface area (Å²) < 4.78 is 1.05. The van der Waals surface area contributed by atoms with Gasteiger partial charge >= 0.3 is 0 Å². The van der Waals surface area contributed by atoms with E-state index >= 15 is 0 Å². The summed E-state index contributed by atoms with van der Waals surface area (Å²) in [5, 5.41) is 21.6.